The van der Waals surface area contributed by atoms with E-state index < -0.39 is 0 Å². The van der Waals surface area contributed by atoms with Crippen LogP contribution in [-0.4, -0.2) is 28.4 Å². The molecule has 2 unspecified atom stereocenters. The number of nitrogens with zero attached hydrogens (tertiary/aromatic N) is 3. The Kier molecular flexibility index (Phi) is 4.84. The second-order valence-corrected chi connectivity index (χ2v) is 7.40. The van der Waals surface area contributed by atoms with Gasteiger partial charge in [-0.1, -0.05) is 13.8 Å². The zero-order valence-electron chi connectivity index (χ0n) is 13.7. The Labute approximate surface area is 123 Å². The van der Waals surface area contributed by atoms with Crippen LogP contribution in [-0.2, 0) is 6.42 Å². The van der Waals surface area contributed by atoms with Crippen LogP contribution in [0.4, 0.5) is 0 Å². The van der Waals surface area contributed by atoms with Crippen molar-refractivity contribution in [2.24, 2.45) is 17.3 Å². The molecule has 0 saturated heterocycles. The highest BCUT2D eigenvalue weighted by Gasteiger charge is 2.35. The predicted molar refractivity (Wildman–Crippen MR) is 82.6 cm³/mol. The van der Waals surface area contributed by atoms with Crippen molar-refractivity contribution in [2.75, 3.05) is 13.6 Å². The van der Waals surface area contributed by atoms with Crippen molar-refractivity contribution in [2.45, 2.75) is 59.4 Å². The summed E-state index contributed by atoms with van der Waals surface area (Å²) in [6, 6.07) is 0.395. The predicted octanol–water partition coefficient (Wildman–Crippen LogP) is 3.06. The Morgan fingerprint density at radius 2 is 2.15 bits per heavy atom. The maximum absolute atomic E-state index is 4.51. The zero-order valence-corrected chi connectivity index (χ0v) is 13.7. The molecule has 0 bridgehead atoms. The fourth-order valence-corrected chi connectivity index (χ4v) is 3.65. The third-order valence-electron chi connectivity index (χ3n) is 4.72. The Balaban J connectivity index is 2.12. The molecule has 0 aliphatic heterocycles. The average Bonchev–Trinajstić information content (AvgIpc) is 2.80. The lowest BCUT2D eigenvalue weighted by Gasteiger charge is -2.41. The molecule has 0 aromatic carbocycles. The number of rotatable bonds is 5. The van der Waals surface area contributed by atoms with E-state index in [1.54, 1.807) is 6.33 Å². The van der Waals surface area contributed by atoms with Gasteiger partial charge in [0.15, 0.2) is 0 Å². The van der Waals surface area contributed by atoms with Gasteiger partial charge in [0, 0.05) is 12.5 Å². The molecule has 2 rings (SSSR count). The minimum absolute atomic E-state index is 0.395. The summed E-state index contributed by atoms with van der Waals surface area (Å²) in [6.07, 6.45) is 6.73. The molecule has 1 heterocycles. The van der Waals surface area contributed by atoms with Crippen LogP contribution in [0.3, 0.4) is 0 Å². The Hall–Kier alpha value is -0.900. The molecule has 0 amide bonds. The highest BCUT2D eigenvalue weighted by Crippen LogP contribution is 2.42. The SMILES string of the molecule is CNCC1CCC(C)(C)CC1Cc1ncnn1C(C)C. The van der Waals surface area contributed by atoms with Gasteiger partial charge in [0.25, 0.3) is 0 Å². The van der Waals surface area contributed by atoms with Gasteiger partial charge in [-0.15, -0.1) is 0 Å². The van der Waals surface area contributed by atoms with Crippen LogP contribution in [0.5, 0.6) is 0 Å². The maximum Gasteiger partial charge on any atom is 0.138 e. The molecule has 114 valence electrons. The first-order valence-corrected chi connectivity index (χ1v) is 7.96. The molecule has 1 aliphatic rings. The number of hydrogen-bond donors (Lipinski definition) is 1. The van der Waals surface area contributed by atoms with Crippen molar-refractivity contribution < 1.29 is 0 Å². The van der Waals surface area contributed by atoms with E-state index in [9.17, 15) is 0 Å². The molecule has 20 heavy (non-hydrogen) atoms. The van der Waals surface area contributed by atoms with Crippen LogP contribution >= 0.6 is 0 Å². The van der Waals surface area contributed by atoms with E-state index in [0.717, 1.165) is 24.7 Å². The normalized spacial score (nSPS) is 26.1. The summed E-state index contributed by atoms with van der Waals surface area (Å²) >= 11 is 0. The van der Waals surface area contributed by atoms with E-state index in [0.29, 0.717) is 17.4 Å². The average molecular weight is 278 g/mol. The summed E-state index contributed by atoms with van der Waals surface area (Å²) in [5.74, 6) is 2.64. The van der Waals surface area contributed by atoms with Crippen molar-refractivity contribution in [1.82, 2.24) is 20.1 Å². The van der Waals surface area contributed by atoms with Gasteiger partial charge in [0.2, 0.25) is 0 Å². The molecular formula is C16H30N4. The Morgan fingerprint density at radius 1 is 1.40 bits per heavy atom. The summed E-state index contributed by atoms with van der Waals surface area (Å²) in [4.78, 5) is 4.51. The lowest BCUT2D eigenvalue weighted by Crippen LogP contribution is -2.36. The van der Waals surface area contributed by atoms with E-state index in [1.807, 2.05) is 0 Å². The fourth-order valence-electron chi connectivity index (χ4n) is 3.65. The van der Waals surface area contributed by atoms with Gasteiger partial charge in [-0.3, -0.25) is 0 Å². The Bertz CT molecular complexity index is 422. The quantitative estimate of drug-likeness (QED) is 0.900. The molecular weight excluding hydrogens is 248 g/mol. The van der Waals surface area contributed by atoms with Gasteiger partial charge >= 0.3 is 0 Å². The molecule has 4 heteroatoms. The second-order valence-electron chi connectivity index (χ2n) is 7.40. The monoisotopic (exact) mass is 278 g/mol. The third kappa shape index (κ3) is 3.60. The minimum atomic E-state index is 0.395. The standard InChI is InChI=1S/C16H30N4/c1-12(2)20-15(18-11-19-20)8-14-9-16(3,4)7-6-13(14)10-17-5/h11-14,17H,6-10H2,1-5H3. The lowest BCUT2D eigenvalue weighted by molar-refractivity contribution is 0.114. The lowest BCUT2D eigenvalue weighted by atomic mass is 9.66. The summed E-state index contributed by atoms with van der Waals surface area (Å²) in [5.41, 5.74) is 0.470. The second kappa shape index (κ2) is 6.25. The first-order chi connectivity index (χ1) is 9.43. The van der Waals surface area contributed by atoms with Crippen LogP contribution in [0.25, 0.3) is 0 Å². The summed E-state index contributed by atoms with van der Waals surface area (Å²) in [5, 5.41) is 7.75. The van der Waals surface area contributed by atoms with E-state index in [1.165, 1.54) is 19.3 Å². The fraction of sp³-hybridized carbons (Fsp3) is 0.875. The van der Waals surface area contributed by atoms with E-state index in [4.69, 9.17) is 0 Å². The van der Waals surface area contributed by atoms with Gasteiger partial charge in [-0.2, -0.15) is 5.10 Å². The van der Waals surface area contributed by atoms with Crippen molar-refractivity contribution in [3.8, 4) is 0 Å². The maximum atomic E-state index is 4.51. The topological polar surface area (TPSA) is 42.7 Å². The minimum Gasteiger partial charge on any atom is -0.319 e. The van der Waals surface area contributed by atoms with Crippen LogP contribution in [0.2, 0.25) is 0 Å². The zero-order chi connectivity index (χ0) is 14.8. The molecule has 0 spiro atoms. The smallest absolute Gasteiger partial charge is 0.138 e. The summed E-state index contributed by atoms with van der Waals surface area (Å²) < 4.78 is 2.08. The first kappa shape index (κ1) is 15.5. The van der Waals surface area contributed by atoms with Gasteiger partial charge in [0.1, 0.15) is 12.2 Å². The molecule has 1 N–H and O–H groups in total. The Morgan fingerprint density at radius 3 is 2.80 bits per heavy atom. The summed E-state index contributed by atoms with van der Waals surface area (Å²) in [7, 11) is 2.06. The number of hydrogen-bond acceptors (Lipinski definition) is 3. The van der Waals surface area contributed by atoms with Crippen molar-refractivity contribution in [1.29, 1.82) is 0 Å². The molecule has 1 aromatic heterocycles. The van der Waals surface area contributed by atoms with Crippen LogP contribution < -0.4 is 5.32 Å². The first-order valence-electron chi connectivity index (χ1n) is 7.96. The number of aromatic nitrogens is 3. The van der Waals surface area contributed by atoms with Crippen LogP contribution in [0.15, 0.2) is 6.33 Å². The molecule has 1 aromatic rings. The van der Waals surface area contributed by atoms with Crippen LogP contribution in [0.1, 0.15) is 58.8 Å². The number of nitrogens with one attached hydrogen (secondary N) is 1. The van der Waals surface area contributed by atoms with Gasteiger partial charge in [0.05, 0.1) is 0 Å². The molecule has 1 fully saturated rings. The van der Waals surface area contributed by atoms with Crippen LogP contribution in [0, 0.1) is 17.3 Å². The molecule has 0 radical (unpaired) electrons. The van der Waals surface area contributed by atoms with Gasteiger partial charge in [-0.25, -0.2) is 9.67 Å². The van der Waals surface area contributed by atoms with Crippen molar-refractivity contribution in [3.05, 3.63) is 12.2 Å². The molecule has 1 aliphatic carbocycles. The van der Waals surface area contributed by atoms with Gasteiger partial charge in [-0.05, 0) is 64.0 Å². The van der Waals surface area contributed by atoms with E-state index in [-0.39, 0.29) is 0 Å². The highest BCUT2D eigenvalue weighted by molar-refractivity contribution is 4.95. The van der Waals surface area contributed by atoms with E-state index >= 15 is 0 Å². The molecule has 1 saturated carbocycles. The van der Waals surface area contributed by atoms with E-state index in [2.05, 4.69) is 54.8 Å². The largest absolute Gasteiger partial charge is 0.319 e. The van der Waals surface area contributed by atoms with Gasteiger partial charge < -0.3 is 5.32 Å². The summed E-state index contributed by atoms with van der Waals surface area (Å²) in [6.45, 7) is 10.3. The molecule has 4 nitrogen and oxygen atoms in total. The van der Waals surface area contributed by atoms with Crippen molar-refractivity contribution >= 4 is 0 Å². The third-order valence-corrected chi connectivity index (χ3v) is 4.72. The van der Waals surface area contributed by atoms with Crippen molar-refractivity contribution in [3.63, 3.8) is 0 Å². The molecule has 2 atom stereocenters. The highest BCUT2D eigenvalue weighted by atomic mass is 15.3.